The first-order valence-corrected chi connectivity index (χ1v) is 6.65. The number of nitrogens with one attached hydrogen (secondary N) is 1. The molecule has 1 amide bonds. The van der Waals surface area contributed by atoms with E-state index in [1.807, 2.05) is 6.92 Å². The van der Waals surface area contributed by atoms with E-state index in [2.05, 4.69) is 12.2 Å². The number of hydrogen-bond donors (Lipinski definition) is 2. The minimum absolute atomic E-state index is 0.0263. The summed E-state index contributed by atoms with van der Waals surface area (Å²) >= 11 is 0. The van der Waals surface area contributed by atoms with Crippen molar-refractivity contribution >= 4 is 5.91 Å². The fraction of sp³-hybridized carbons (Fsp3) is 0.923. The summed E-state index contributed by atoms with van der Waals surface area (Å²) < 4.78 is 0. The van der Waals surface area contributed by atoms with Crippen LogP contribution < -0.4 is 11.1 Å². The summed E-state index contributed by atoms with van der Waals surface area (Å²) in [6.07, 6.45) is 6.16. The predicted octanol–water partition coefficient (Wildman–Crippen LogP) is 1.91. The Labute approximate surface area is 99.2 Å². The van der Waals surface area contributed by atoms with E-state index < -0.39 is 0 Å². The molecule has 0 radical (unpaired) electrons. The Hall–Kier alpha value is -0.570. The molecule has 3 N–H and O–H groups in total. The van der Waals surface area contributed by atoms with Crippen LogP contribution in [0.25, 0.3) is 0 Å². The van der Waals surface area contributed by atoms with Gasteiger partial charge in [-0.2, -0.15) is 0 Å². The van der Waals surface area contributed by atoms with E-state index >= 15 is 0 Å². The minimum Gasteiger partial charge on any atom is -0.356 e. The first-order chi connectivity index (χ1) is 7.67. The lowest BCUT2D eigenvalue weighted by Crippen LogP contribution is -2.36. The number of carbonyl (C=O) groups excluding carboxylic acids is 1. The number of amides is 1. The van der Waals surface area contributed by atoms with Crippen molar-refractivity contribution in [3.63, 3.8) is 0 Å². The van der Waals surface area contributed by atoms with Crippen LogP contribution in [-0.4, -0.2) is 19.0 Å². The quantitative estimate of drug-likeness (QED) is 0.752. The summed E-state index contributed by atoms with van der Waals surface area (Å²) in [5.74, 6) is 1.76. The average Bonchev–Trinajstić information content (AvgIpc) is 2.28. The molecule has 94 valence electrons. The van der Waals surface area contributed by atoms with Gasteiger partial charge in [-0.05, 0) is 25.2 Å². The molecule has 0 bridgehead atoms. The molecule has 1 aliphatic rings. The number of nitrogens with two attached hydrogens (primary N) is 1. The maximum Gasteiger partial charge on any atom is 0.224 e. The van der Waals surface area contributed by atoms with Gasteiger partial charge in [0.1, 0.15) is 0 Å². The molecule has 0 heterocycles. The molecular formula is C13H26N2O. The van der Waals surface area contributed by atoms with E-state index in [-0.39, 0.29) is 11.8 Å². The van der Waals surface area contributed by atoms with Gasteiger partial charge in [0.2, 0.25) is 5.91 Å². The Morgan fingerprint density at radius 1 is 1.38 bits per heavy atom. The van der Waals surface area contributed by atoms with E-state index in [0.29, 0.717) is 19.0 Å². The van der Waals surface area contributed by atoms with Gasteiger partial charge in [-0.1, -0.05) is 32.6 Å². The molecule has 0 aliphatic heterocycles. The Kier molecular flexibility index (Phi) is 5.81. The van der Waals surface area contributed by atoms with Crippen LogP contribution in [0.4, 0.5) is 0 Å². The predicted molar refractivity (Wildman–Crippen MR) is 67.0 cm³/mol. The van der Waals surface area contributed by atoms with Gasteiger partial charge in [-0.25, -0.2) is 0 Å². The van der Waals surface area contributed by atoms with Crippen molar-refractivity contribution in [2.24, 2.45) is 23.5 Å². The monoisotopic (exact) mass is 226 g/mol. The first kappa shape index (κ1) is 13.5. The summed E-state index contributed by atoms with van der Waals surface area (Å²) in [5, 5.41) is 2.88. The van der Waals surface area contributed by atoms with Crippen molar-refractivity contribution < 1.29 is 4.79 Å². The molecule has 0 aromatic rings. The van der Waals surface area contributed by atoms with Gasteiger partial charge in [0, 0.05) is 13.1 Å². The van der Waals surface area contributed by atoms with Crippen molar-refractivity contribution in [2.45, 2.75) is 46.0 Å². The summed E-state index contributed by atoms with van der Waals surface area (Å²) in [6, 6.07) is 0. The zero-order chi connectivity index (χ0) is 12.0. The summed E-state index contributed by atoms with van der Waals surface area (Å²) in [7, 11) is 0. The van der Waals surface area contributed by atoms with Crippen molar-refractivity contribution in [1.82, 2.24) is 5.32 Å². The minimum atomic E-state index is 0.0263. The molecule has 3 nitrogen and oxygen atoms in total. The van der Waals surface area contributed by atoms with E-state index in [0.717, 1.165) is 12.3 Å². The fourth-order valence-corrected chi connectivity index (χ4v) is 2.60. The van der Waals surface area contributed by atoms with Crippen LogP contribution in [0.5, 0.6) is 0 Å². The molecule has 1 unspecified atom stereocenters. The van der Waals surface area contributed by atoms with Crippen molar-refractivity contribution in [1.29, 1.82) is 0 Å². The molecule has 0 aromatic heterocycles. The highest BCUT2D eigenvalue weighted by Crippen LogP contribution is 2.32. The first-order valence-electron chi connectivity index (χ1n) is 6.65. The third-order valence-electron chi connectivity index (χ3n) is 3.76. The second-order valence-electron chi connectivity index (χ2n) is 5.19. The Balaban J connectivity index is 2.35. The molecule has 3 heteroatoms. The van der Waals surface area contributed by atoms with Gasteiger partial charge < -0.3 is 11.1 Å². The van der Waals surface area contributed by atoms with Gasteiger partial charge >= 0.3 is 0 Å². The Morgan fingerprint density at radius 3 is 2.50 bits per heavy atom. The van der Waals surface area contributed by atoms with Gasteiger partial charge in [0.15, 0.2) is 0 Å². The van der Waals surface area contributed by atoms with Crippen LogP contribution in [0, 0.1) is 17.8 Å². The number of rotatable bonds is 5. The molecule has 0 aromatic carbocycles. The molecule has 1 atom stereocenters. The van der Waals surface area contributed by atoms with Crippen molar-refractivity contribution in [3.05, 3.63) is 0 Å². The molecule has 1 aliphatic carbocycles. The van der Waals surface area contributed by atoms with Gasteiger partial charge in [0.25, 0.3) is 0 Å². The normalized spacial score (nSPS) is 27.4. The van der Waals surface area contributed by atoms with Gasteiger partial charge in [0.05, 0.1) is 5.92 Å². The molecule has 16 heavy (non-hydrogen) atoms. The molecule has 0 saturated heterocycles. The largest absolute Gasteiger partial charge is 0.356 e. The van der Waals surface area contributed by atoms with Crippen LogP contribution in [-0.2, 0) is 4.79 Å². The Bertz CT molecular complexity index is 210. The highest BCUT2D eigenvalue weighted by atomic mass is 16.1. The number of hydrogen-bond acceptors (Lipinski definition) is 2. The lowest BCUT2D eigenvalue weighted by Gasteiger charge is -2.28. The molecule has 1 rings (SSSR count). The summed E-state index contributed by atoms with van der Waals surface area (Å²) in [4.78, 5) is 11.7. The maximum atomic E-state index is 11.7. The highest BCUT2D eigenvalue weighted by Gasteiger charge is 2.24. The third-order valence-corrected chi connectivity index (χ3v) is 3.76. The summed E-state index contributed by atoms with van der Waals surface area (Å²) in [6.45, 7) is 5.46. The van der Waals surface area contributed by atoms with Crippen molar-refractivity contribution in [3.8, 4) is 0 Å². The molecule has 1 saturated carbocycles. The fourth-order valence-electron chi connectivity index (χ4n) is 2.60. The van der Waals surface area contributed by atoms with Crippen LogP contribution in [0.15, 0.2) is 0 Å². The molecule has 1 fully saturated rings. The van der Waals surface area contributed by atoms with Crippen molar-refractivity contribution in [2.75, 3.05) is 13.1 Å². The SMILES string of the molecule is CCNC(=O)C(CN)CC1CCC(C)CC1. The topological polar surface area (TPSA) is 55.1 Å². The summed E-state index contributed by atoms with van der Waals surface area (Å²) in [5.41, 5.74) is 5.69. The van der Waals surface area contributed by atoms with Crippen LogP contribution >= 0.6 is 0 Å². The van der Waals surface area contributed by atoms with Gasteiger partial charge in [-0.3, -0.25) is 4.79 Å². The smallest absolute Gasteiger partial charge is 0.224 e. The van der Waals surface area contributed by atoms with Crippen LogP contribution in [0.3, 0.4) is 0 Å². The highest BCUT2D eigenvalue weighted by molar-refractivity contribution is 5.78. The molecular weight excluding hydrogens is 200 g/mol. The van der Waals surface area contributed by atoms with Crippen LogP contribution in [0.1, 0.15) is 46.0 Å². The zero-order valence-corrected chi connectivity index (χ0v) is 10.7. The molecule has 0 spiro atoms. The van der Waals surface area contributed by atoms with E-state index in [9.17, 15) is 4.79 Å². The average molecular weight is 226 g/mol. The second-order valence-corrected chi connectivity index (χ2v) is 5.19. The number of carbonyl (C=O) groups is 1. The van der Waals surface area contributed by atoms with E-state index in [1.165, 1.54) is 25.7 Å². The van der Waals surface area contributed by atoms with E-state index in [1.54, 1.807) is 0 Å². The van der Waals surface area contributed by atoms with Crippen LogP contribution in [0.2, 0.25) is 0 Å². The Morgan fingerprint density at radius 2 is 2.00 bits per heavy atom. The third kappa shape index (κ3) is 4.12. The zero-order valence-electron chi connectivity index (χ0n) is 10.7. The lowest BCUT2D eigenvalue weighted by molar-refractivity contribution is -0.125. The van der Waals surface area contributed by atoms with Gasteiger partial charge in [-0.15, -0.1) is 0 Å². The lowest BCUT2D eigenvalue weighted by atomic mass is 9.78. The van der Waals surface area contributed by atoms with E-state index in [4.69, 9.17) is 5.73 Å². The maximum absolute atomic E-state index is 11.7. The second kappa shape index (κ2) is 6.89. The standard InChI is InChI=1S/C13H26N2O/c1-3-15-13(16)12(9-14)8-11-6-4-10(2)5-7-11/h10-12H,3-9,14H2,1-2H3,(H,15,16).